The van der Waals surface area contributed by atoms with Gasteiger partial charge >= 0.3 is 0 Å². The SMILES string of the molecule is COc1cccc(-n2cccc2[C@@H]2[C@H](c3ccccn3)NC(=S)N2c2ccc(NS(C)(=O)=O)c(OC)c2)c1. The summed E-state index contributed by atoms with van der Waals surface area (Å²) >= 11 is 5.86. The van der Waals surface area contributed by atoms with E-state index in [0.717, 1.165) is 34.8 Å². The Hall–Kier alpha value is -4.09. The van der Waals surface area contributed by atoms with Gasteiger partial charge in [-0.15, -0.1) is 0 Å². The van der Waals surface area contributed by atoms with Crippen LogP contribution in [0.25, 0.3) is 5.69 Å². The van der Waals surface area contributed by atoms with Crippen LogP contribution in [0.4, 0.5) is 11.4 Å². The lowest BCUT2D eigenvalue weighted by Gasteiger charge is -2.29. The molecule has 0 bridgehead atoms. The second-order valence-corrected chi connectivity index (χ2v) is 10.9. The topological polar surface area (TPSA) is 97.7 Å². The second-order valence-electron chi connectivity index (χ2n) is 8.76. The molecular formula is C27H27N5O4S2. The summed E-state index contributed by atoms with van der Waals surface area (Å²) in [4.78, 5) is 6.63. The lowest BCUT2D eigenvalue weighted by molar-refractivity contribution is 0.414. The van der Waals surface area contributed by atoms with Crippen LogP contribution >= 0.6 is 12.2 Å². The van der Waals surface area contributed by atoms with E-state index < -0.39 is 10.0 Å². The Kier molecular flexibility index (Phi) is 6.96. The molecule has 0 saturated carbocycles. The fraction of sp³-hybridized carbons (Fsp3) is 0.185. The molecule has 0 spiro atoms. The molecule has 2 N–H and O–H groups in total. The van der Waals surface area contributed by atoms with Crippen molar-refractivity contribution in [3.05, 3.63) is 96.6 Å². The highest BCUT2D eigenvalue weighted by Gasteiger charge is 2.42. The van der Waals surface area contributed by atoms with Crippen LogP contribution in [0.2, 0.25) is 0 Å². The van der Waals surface area contributed by atoms with E-state index in [1.54, 1.807) is 25.4 Å². The molecule has 11 heteroatoms. The molecule has 196 valence electrons. The number of aromatic nitrogens is 2. The first-order valence-corrected chi connectivity index (χ1v) is 14.1. The van der Waals surface area contributed by atoms with Gasteiger partial charge in [0, 0.05) is 41.6 Å². The molecule has 1 aliphatic heterocycles. The standard InChI is InChI=1S/C27H27N5O4S2/c1-35-20-9-6-8-18(16-20)31-15-7-11-23(31)26-25(22-10-4-5-14-28-22)29-27(37)32(26)19-12-13-21(24(17-19)36-2)30-38(3,33)34/h4-17,25-26,30H,1-3H3,(H,29,37)/t25-,26+/m0/s1. The van der Waals surface area contributed by atoms with Crippen molar-refractivity contribution in [2.24, 2.45) is 0 Å². The van der Waals surface area contributed by atoms with Crippen LogP contribution in [-0.2, 0) is 10.0 Å². The summed E-state index contributed by atoms with van der Waals surface area (Å²) in [5.74, 6) is 1.12. The van der Waals surface area contributed by atoms with Crippen molar-refractivity contribution in [1.82, 2.24) is 14.9 Å². The number of methoxy groups -OCH3 is 2. The summed E-state index contributed by atoms with van der Waals surface area (Å²) in [6.45, 7) is 0. The van der Waals surface area contributed by atoms with Crippen LogP contribution in [0.15, 0.2) is 85.2 Å². The van der Waals surface area contributed by atoms with Gasteiger partial charge in [0.15, 0.2) is 5.11 Å². The molecule has 38 heavy (non-hydrogen) atoms. The third-order valence-electron chi connectivity index (χ3n) is 6.27. The van der Waals surface area contributed by atoms with Gasteiger partial charge in [-0.25, -0.2) is 8.42 Å². The third kappa shape index (κ3) is 5.02. The minimum atomic E-state index is -3.49. The van der Waals surface area contributed by atoms with Crippen molar-refractivity contribution in [3.63, 3.8) is 0 Å². The monoisotopic (exact) mass is 549 g/mol. The highest BCUT2D eigenvalue weighted by atomic mass is 32.2. The fourth-order valence-corrected chi connectivity index (χ4v) is 5.59. The number of benzene rings is 2. The zero-order valence-electron chi connectivity index (χ0n) is 21.0. The van der Waals surface area contributed by atoms with E-state index in [1.165, 1.54) is 7.11 Å². The molecule has 1 aliphatic rings. The summed E-state index contributed by atoms with van der Waals surface area (Å²) in [5.41, 5.74) is 3.82. The number of hydrogen-bond donors (Lipinski definition) is 2. The molecule has 0 aliphatic carbocycles. The van der Waals surface area contributed by atoms with Crippen molar-refractivity contribution in [3.8, 4) is 17.2 Å². The van der Waals surface area contributed by atoms with E-state index in [2.05, 4.69) is 25.7 Å². The lowest BCUT2D eigenvalue weighted by atomic mass is 10.0. The maximum absolute atomic E-state index is 11.9. The molecule has 2 aromatic carbocycles. The lowest BCUT2D eigenvalue weighted by Crippen LogP contribution is -2.30. The molecule has 4 aromatic rings. The van der Waals surface area contributed by atoms with Crippen molar-refractivity contribution in [2.75, 3.05) is 30.1 Å². The predicted molar refractivity (Wildman–Crippen MR) is 152 cm³/mol. The van der Waals surface area contributed by atoms with E-state index in [1.807, 2.05) is 65.7 Å². The van der Waals surface area contributed by atoms with E-state index in [4.69, 9.17) is 21.7 Å². The van der Waals surface area contributed by atoms with Gasteiger partial charge in [0.05, 0.1) is 37.9 Å². The zero-order valence-corrected chi connectivity index (χ0v) is 22.7. The van der Waals surface area contributed by atoms with Gasteiger partial charge in [-0.3, -0.25) is 9.71 Å². The Balaban J connectivity index is 1.65. The number of thiocarbonyl (C=S) groups is 1. The molecule has 5 rings (SSSR count). The van der Waals surface area contributed by atoms with Crippen LogP contribution in [0, 0.1) is 0 Å². The predicted octanol–water partition coefficient (Wildman–Crippen LogP) is 4.44. The Morgan fingerprint density at radius 3 is 2.53 bits per heavy atom. The molecule has 0 unspecified atom stereocenters. The highest BCUT2D eigenvalue weighted by Crippen LogP contribution is 2.44. The van der Waals surface area contributed by atoms with Crippen molar-refractivity contribution < 1.29 is 17.9 Å². The van der Waals surface area contributed by atoms with Gasteiger partial charge in [0.2, 0.25) is 10.0 Å². The molecule has 1 fully saturated rings. The Bertz CT molecular complexity index is 1570. The minimum absolute atomic E-state index is 0.261. The van der Waals surface area contributed by atoms with Crippen molar-refractivity contribution in [2.45, 2.75) is 12.1 Å². The molecule has 0 amide bonds. The van der Waals surface area contributed by atoms with Gasteiger partial charge in [0.1, 0.15) is 17.5 Å². The summed E-state index contributed by atoms with van der Waals surface area (Å²) < 4.78 is 39.3. The molecular weight excluding hydrogens is 522 g/mol. The summed E-state index contributed by atoms with van der Waals surface area (Å²) in [6, 6.07) is 22.4. The van der Waals surface area contributed by atoms with Crippen LogP contribution in [-0.4, -0.2) is 43.6 Å². The largest absolute Gasteiger partial charge is 0.497 e. The number of rotatable bonds is 8. The van der Waals surface area contributed by atoms with Gasteiger partial charge in [-0.1, -0.05) is 12.1 Å². The van der Waals surface area contributed by atoms with E-state index in [9.17, 15) is 8.42 Å². The van der Waals surface area contributed by atoms with Gasteiger partial charge in [0.25, 0.3) is 0 Å². The molecule has 9 nitrogen and oxygen atoms in total. The smallest absolute Gasteiger partial charge is 0.229 e. The van der Waals surface area contributed by atoms with Gasteiger partial charge < -0.3 is 24.3 Å². The maximum Gasteiger partial charge on any atom is 0.229 e. The van der Waals surface area contributed by atoms with E-state index in [0.29, 0.717) is 16.5 Å². The van der Waals surface area contributed by atoms with Crippen LogP contribution in [0.5, 0.6) is 11.5 Å². The van der Waals surface area contributed by atoms with Gasteiger partial charge in [-0.05, 0) is 60.7 Å². The molecule has 0 radical (unpaired) electrons. The van der Waals surface area contributed by atoms with Crippen molar-refractivity contribution >= 4 is 38.7 Å². The molecule has 2 aromatic heterocycles. The number of ether oxygens (including phenoxy) is 2. The number of hydrogen-bond acceptors (Lipinski definition) is 6. The van der Waals surface area contributed by atoms with Crippen LogP contribution < -0.4 is 24.4 Å². The van der Waals surface area contributed by atoms with Crippen LogP contribution in [0.1, 0.15) is 23.5 Å². The van der Waals surface area contributed by atoms with Crippen LogP contribution in [0.3, 0.4) is 0 Å². The maximum atomic E-state index is 11.9. The Morgan fingerprint density at radius 2 is 1.82 bits per heavy atom. The fourth-order valence-electron chi connectivity index (χ4n) is 4.68. The Labute approximate surface area is 227 Å². The summed E-state index contributed by atoms with van der Waals surface area (Å²) in [7, 11) is -0.351. The second kappa shape index (κ2) is 10.3. The normalized spacial score (nSPS) is 17.2. The first kappa shape index (κ1) is 25.6. The highest BCUT2D eigenvalue weighted by molar-refractivity contribution is 7.92. The van der Waals surface area contributed by atoms with Crippen molar-refractivity contribution in [1.29, 1.82) is 0 Å². The third-order valence-corrected chi connectivity index (χ3v) is 7.18. The molecule has 1 saturated heterocycles. The average molecular weight is 550 g/mol. The number of pyridine rings is 1. The summed E-state index contributed by atoms with van der Waals surface area (Å²) in [5, 5.41) is 3.96. The quantitative estimate of drug-likeness (QED) is 0.312. The minimum Gasteiger partial charge on any atom is -0.497 e. The number of nitrogens with zero attached hydrogens (tertiary/aromatic N) is 3. The number of anilines is 2. The average Bonchev–Trinajstić information content (AvgIpc) is 3.53. The van der Waals surface area contributed by atoms with E-state index >= 15 is 0 Å². The number of sulfonamides is 1. The number of nitrogens with one attached hydrogen (secondary N) is 2. The molecule has 2 atom stereocenters. The molecule has 3 heterocycles. The first-order valence-electron chi connectivity index (χ1n) is 11.8. The zero-order chi connectivity index (χ0) is 26.9. The van der Waals surface area contributed by atoms with E-state index in [-0.39, 0.29) is 12.1 Å². The van der Waals surface area contributed by atoms with Gasteiger partial charge in [-0.2, -0.15) is 0 Å². The summed E-state index contributed by atoms with van der Waals surface area (Å²) in [6.07, 6.45) is 4.86. The first-order chi connectivity index (χ1) is 18.3. The Morgan fingerprint density at radius 1 is 0.974 bits per heavy atom.